The van der Waals surface area contributed by atoms with E-state index in [4.69, 9.17) is 4.74 Å². The van der Waals surface area contributed by atoms with Crippen LogP contribution in [-0.2, 0) is 21.3 Å². The van der Waals surface area contributed by atoms with Gasteiger partial charge in [0.25, 0.3) is 0 Å². The predicted octanol–water partition coefficient (Wildman–Crippen LogP) is 1.82. The van der Waals surface area contributed by atoms with E-state index in [-0.39, 0.29) is 17.6 Å². The van der Waals surface area contributed by atoms with Crippen molar-refractivity contribution in [2.45, 2.75) is 68.7 Å². The zero-order chi connectivity index (χ0) is 21.0. The second-order valence-electron chi connectivity index (χ2n) is 7.59. The first kappa shape index (κ1) is 21.8. The molecule has 2 aromatic rings. The van der Waals surface area contributed by atoms with Gasteiger partial charge in [0.1, 0.15) is 5.82 Å². The molecule has 1 fully saturated rings. The van der Waals surface area contributed by atoms with Crippen LogP contribution in [0.15, 0.2) is 35.4 Å². The lowest BCUT2D eigenvalue weighted by Crippen LogP contribution is -2.50. The van der Waals surface area contributed by atoms with Gasteiger partial charge in [-0.1, -0.05) is 19.1 Å². The molecule has 1 aromatic carbocycles. The third-order valence-electron chi connectivity index (χ3n) is 5.05. The minimum atomic E-state index is -3.83. The van der Waals surface area contributed by atoms with E-state index in [0.717, 1.165) is 17.8 Å². The van der Waals surface area contributed by atoms with Gasteiger partial charge in [-0.3, -0.25) is 4.68 Å². The van der Waals surface area contributed by atoms with Crippen LogP contribution in [0.5, 0.6) is 0 Å². The summed E-state index contributed by atoms with van der Waals surface area (Å²) in [7, 11) is -3.83. The van der Waals surface area contributed by atoms with Gasteiger partial charge in [-0.2, -0.15) is 0 Å². The number of halogens is 1. The Balaban J connectivity index is 1.56. The highest BCUT2D eigenvalue weighted by Crippen LogP contribution is 2.24. The summed E-state index contributed by atoms with van der Waals surface area (Å²) >= 11 is 0. The molecule has 160 valence electrons. The number of nitrogens with one attached hydrogen (secondary N) is 1. The molecule has 0 saturated carbocycles. The van der Waals surface area contributed by atoms with Crippen LogP contribution < -0.4 is 4.72 Å². The number of aliphatic hydroxyl groups is 1. The van der Waals surface area contributed by atoms with E-state index in [9.17, 15) is 17.9 Å². The van der Waals surface area contributed by atoms with Gasteiger partial charge in [-0.05, 0) is 49.4 Å². The molecule has 0 unspecified atom stereocenters. The second kappa shape index (κ2) is 9.29. The van der Waals surface area contributed by atoms with Crippen molar-refractivity contribution < 1.29 is 22.7 Å². The molecule has 0 bridgehead atoms. The van der Waals surface area contributed by atoms with E-state index >= 15 is 0 Å². The number of aryl methyl sites for hydroxylation is 1. The first-order valence-corrected chi connectivity index (χ1v) is 11.2. The first-order chi connectivity index (χ1) is 13.8. The summed E-state index contributed by atoms with van der Waals surface area (Å²) in [6.45, 7) is 4.44. The van der Waals surface area contributed by atoms with Crippen LogP contribution in [0.25, 0.3) is 0 Å². The third-order valence-corrected chi connectivity index (χ3v) is 6.56. The Bertz CT molecular complexity index is 901. The predicted molar refractivity (Wildman–Crippen MR) is 104 cm³/mol. The normalized spacial score (nSPS) is 22.9. The zero-order valence-corrected chi connectivity index (χ0v) is 17.3. The van der Waals surface area contributed by atoms with Gasteiger partial charge >= 0.3 is 0 Å². The van der Waals surface area contributed by atoms with Gasteiger partial charge in [-0.25, -0.2) is 17.5 Å². The Morgan fingerprint density at radius 3 is 2.66 bits per heavy atom. The first-order valence-electron chi connectivity index (χ1n) is 9.72. The molecule has 0 amide bonds. The molecule has 1 aromatic heterocycles. The van der Waals surface area contributed by atoms with Gasteiger partial charge in [0, 0.05) is 12.7 Å². The Morgan fingerprint density at radius 1 is 1.31 bits per heavy atom. The largest absolute Gasteiger partial charge is 0.394 e. The van der Waals surface area contributed by atoms with Crippen molar-refractivity contribution in [3.63, 3.8) is 0 Å². The number of benzene rings is 1. The molecule has 2 N–H and O–H groups in total. The smallest absolute Gasteiger partial charge is 0.240 e. The van der Waals surface area contributed by atoms with E-state index in [1.54, 1.807) is 4.68 Å². The van der Waals surface area contributed by atoms with E-state index in [1.165, 1.54) is 12.1 Å². The van der Waals surface area contributed by atoms with Crippen molar-refractivity contribution >= 4 is 10.0 Å². The highest BCUT2D eigenvalue weighted by Gasteiger charge is 2.34. The highest BCUT2D eigenvalue weighted by molar-refractivity contribution is 7.89. The van der Waals surface area contributed by atoms with E-state index in [1.807, 2.05) is 6.20 Å². The SMILES string of the molecule is CC(C)c1cn(CC[C@@H]2CC[C@H](NS(=O)(=O)c3ccc(F)cc3)[C@H](CO)O2)nn1. The van der Waals surface area contributed by atoms with Crippen molar-refractivity contribution in [1.82, 2.24) is 19.7 Å². The molecule has 10 heteroatoms. The van der Waals surface area contributed by atoms with Gasteiger partial charge in [0.15, 0.2) is 0 Å². The summed E-state index contributed by atoms with van der Waals surface area (Å²) in [5, 5.41) is 17.9. The summed E-state index contributed by atoms with van der Waals surface area (Å²) in [5.41, 5.74) is 0.929. The number of hydrogen-bond donors (Lipinski definition) is 2. The van der Waals surface area contributed by atoms with Gasteiger partial charge in [0.2, 0.25) is 10.0 Å². The summed E-state index contributed by atoms with van der Waals surface area (Å²) < 4.78 is 48.4. The fraction of sp³-hybridized carbons (Fsp3) is 0.579. The topological polar surface area (TPSA) is 106 Å². The van der Waals surface area contributed by atoms with Gasteiger partial charge in [0.05, 0.1) is 35.4 Å². The molecular weight excluding hydrogens is 399 g/mol. The van der Waals surface area contributed by atoms with Crippen LogP contribution in [0, 0.1) is 5.82 Å². The van der Waals surface area contributed by atoms with Crippen molar-refractivity contribution in [3.8, 4) is 0 Å². The quantitative estimate of drug-likeness (QED) is 0.667. The van der Waals surface area contributed by atoms with Crippen LogP contribution in [0.3, 0.4) is 0 Å². The maximum absolute atomic E-state index is 13.1. The second-order valence-corrected chi connectivity index (χ2v) is 9.30. The minimum absolute atomic E-state index is 0.0233. The van der Waals surface area contributed by atoms with E-state index in [0.29, 0.717) is 31.7 Å². The number of aliphatic hydroxyl groups excluding tert-OH is 1. The third kappa shape index (κ3) is 5.59. The van der Waals surface area contributed by atoms with Crippen LogP contribution in [0.2, 0.25) is 0 Å². The van der Waals surface area contributed by atoms with E-state index in [2.05, 4.69) is 28.9 Å². The Labute approximate surface area is 170 Å². The fourth-order valence-electron chi connectivity index (χ4n) is 3.32. The molecule has 2 heterocycles. The van der Waals surface area contributed by atoms with E-state index < -0.39 is 28.0 Å². The molecular formula is C19H27FN4O4S. The lowest BCUT2D eigenvalue weighted by atomic mass is 9.98. The summed E-state index contributed by atoms with van der Waals surface area (Å²) in [6.07, 6.45) is 3.03. The average Bonchev–Trinajstić information content (AvgIpc) is 3.17. The zero-order valence-electron chi connectivity index (χ0n) is 16.5. The molecule has 0 aliphatic carbocycles. The van der Waals surface area contributed by atoms with Crippen LogP contribution in [0.4, 0.5) is 4.39 Å². The lowest BCUT2D eigenvalue weighted by Gasteiger charge is -2.36. The summed E-state index contributed by atoms with van der Waals surface area (Å²) in [4.78, 5) is -0.0233. The average molecular weight is 427 g/mol. The maximum Gasteiger partial charge on any atom is 0.240 e. The van der Waals surface area contributed by atoms with Gasteiger partial charge in [-0.15, -0.1) is 5.10 Å². The van der Waals surface area contributed by atoms with Crippen molar-refractivity contribution in [1.29, 1.82) is 0 Å². The molecule has 29 heavy (non-hydrogen) atoms. The number of sulfonamides is 1. The molecule has 1 saturated heterocycles. The van der Waals surface area contributed by atoms with Crippen LogP contribution >= 0.6 is 0 Å². The van der Waals surface area contributed by atoms with Gasteiger partial charge < -0.3 is 9.84 Å². The minimum Gasteiger partial charge on any atom is -0.394 e. The monoisotopic (exact) mass is 426 g/mol. The van der Waals surface area contributed by atoms with Crippen molar-refractivity contribution in [2.75, 3.05) is 6.61 Å². The van der Waals surface area contributed by atoms with Crippen LogP contribution in [-0.4, -0.2) is 53.4 Å². The maximum atomic E-state index is 13.1. The van der Waals surface area contributed by atoms with Crippen molar-refractivity contribution in [2.24, 2.45) is 0 Å². The molecule has 1 aliphatic heterocycles. The molecule has 3 atom stereocenters. The molecule has 0 radical (unpaired) electrons. The number of aromatic nitrogens is 3. The standard InChI is InChI=1S/C19H27FN4O4S/c1-13(2)18-11-24(23-21-18)10-9-15-5-8-17(19(12-25)28-15)22-29(26,27)16-6-3-14(20)4-7-16/h3-4,6-7,11,13,15,17,19,22,25H,5,8-10,12H2,1-2H3/t15-,17-,19-/m0/s1. The summed E-state index contributed by atoms with van der Waals surface area (Å²) in [5.74, 6) is -0.197. The number of hydrogen-bond acceptors (Lipinski definition) is 6. The lowest BCUT2D eigenvalue weighted by molar-refractivity contribution is -0.0891. The fourth-order valence-corrected chi connectivity index (χ4v) is 4.62. The number of rotatable bonds is 8. The molecule has 3 rings (SSSR count). The Hall–Kier alpha value is -1.88. The Kier molecular flexibility index (Phi) is 6.99. The van der Waals surface area contributed by atoms with Crippen molar-refractivity contribution in [3.05, 3.63) is 42.0 Å². The number of ether oxygens (including phenoxy) is 1. The highest BCUT2D eigenvalue weighted by atomic mass is 32.2. The molecule has 8 nitrogen and oxygen atoms in total. The molecule has 1 aliphatic rings. The Morgan fingerprint density at radius 2 is 2.03 bits per heavy atom. The van der Waals surface area contributed by atoms with Crippen LogP contribution in [0.1, 0.15) is 44.7 Å². The number of nitrogens with zero attached hydrogens (tertiary/aromatic N) is 3. The molecule has 0 spiro atoms. The summed E-state index contributed by atoms with van der Waals surface area (Å²) in [6, 6.07) is 4.06.